The van der Waals surface area contributed by atoms with E-state index in [9.17, 15) is 4.79 Å². The van der Waals surface area contributed by atoms with E-state index in [2.05, 4.69) is 20.3 Å². The minimum atomic E-state index is -0.679. The number of esters is 1. The van der Waals surface area contributed by atoms with Crippen LogP contribution in [0.25, 0.3) is 0 Å². The highest BCUT2D eigenvalue weighted by Gasteiger charge is 2.47. The van der Waals surface area contributed by atoms with Gasteiger partial charge in [-0.2, -0.15) is 15.0 Å². The molecule has 3 aromatic rings. The third-order valence-electron chi connectivity index (χ3n) is 5.36. The predicted molar refractivity (Wildman–Crippen MR) is 117 cm³/mol. The van der Waals surface area contributed by atoms with E-state index in [0.29, 0.717) is 29.3 Å². The quantitative estimate of drug-likeness (QED) is 0.530. The number of aromatic nitrogens is 3. The van der Waals surface area contributed by atoms with Gasteiger partial charge < -0.3 is 20.5 Å². The molecular formula is C22H22ClN5O3. The van der Waals surface area contributed by atoms with Gasteiger partial charge in [0.2, 0.25) is 11.9 Å². The van der Waals surface area contributed by atoms with Gasteiger partial charge in [-0.15, -0.1) is 0 Å². The highest BCUT2D eigenvalue weighted by molar-refractivity contribution is 6.30. The maximum atomic E-state index is 13.0. The van der Waals surface area contributed by atoms with Gasteiger partial charge in [0.25, 0.3) is 0 Å². The first-order valence-corrected chi connectivity index (χ1v) is 10.2. The van der Waals surface area contributed by atoms with E-state index < -0.39 is 5.41 Å². The molecule has 1 aromatic heterocycles. The number of nitrogens with two attached hydrogens (primary N) is 1. The summed E-state index contributed by atoms with van der Waals surface area (Å²) < 4.78 is 10.9. The van der Waals surface area contributed by atoms with Gasteiger partial charge in [0.15, 0.2) is 12.4 Å². The summed E-state index contributed by atoms with van der Waals surface area (Å²) in [4.78, 5) is 25.5. The topological polar surface area (TPSA) is 112 Å². The van der Waals surface area contributed by atoms with E-state index in [1.165, 1.54) is 0 Å². The molecule has 0 atom stereocenters. The molecule has 0 aliphatic heterocycles. The second-order valence-electron chi connectivity index (χ2n) is 7.28. The van der Waals surface area contributed by atoms with Crippen LogP contribution in [0, 0.1) is 0 Å². The van der Waals surface area contributed by atoms with E-state index in [1.54, 1.807) is 13.2 Å². The fourth-order valence-electron chi connectivity index (χ4n) is 3.62. The molecule has 2 aromatic carbocycles. The van der Waals surface area contributed by atoms with Crippen molar-refractivity contribution < 1.29 is 14.3 Å². The summed E-state index contributed by atoms with van der Waals surface area (Å²) in [6.45, 7) is -0.117. The molecule has 1 heterocycles. The van der Waals surface area contributed by atoms with Crippen LogP contribution in [0.4, 0.5) is 17.6 Å². The summed E-state index contributed by atoms with van der Waals surface area (Å²) in [5.41, 5.74) is 6.69. The van der Waals surface area contributed by atoms with E-state index in [0.717, 1.165) is 12.0 Å². The van der Waals surface area contributed by atoms with Gasteiger partial charge in [-0.3, -0.25) is 4.79 Å². The number of carbonyl (C=O) groups is 1. The Morgan fingerprint density at radius 3 is 2.68 bits per heavy atom. The Balaban J connectivity index is 1.49. The van der Waals surface area contributed by atoms with Crippen LogP contribution >= 0.6 is 11.6 Å². The number of methoxy groups -OCH3 is 1. The average Bonchev–Trinajstić information content (AvgIpc) is 2.71. The average molecular weight is 440 g/mol. The highest BCUT2D eigenvalue weighted by Crippen LogP contribution is 2.45. The normalized spacial score (nSPS) is 14.4. The standard InChI is InChI=1S/C22H22ClN5O3/c1-30-17-9-3-2-8-16(17)25-21-27-18(26-20(24)28-21)13-31-19(29)22(10-5-11-22)14-6-4-7-15(23)12-14/h2-4,6-9,12H,5,10-11,13H2,1H3,(H3,24,25,26,27,28). The van der Waals surface area contributed by atoms with Crippen LogP contribution in [-0.2, 0) is 21.6 Å². The van der Waals surface area contributed by atoms with E-state index in [-0.39, 0.29) is 30.3 Å². The van der Waals surface area contributed by atoms with Gasteiger partial charge in [0.1, 0.15) is 5.75 Å². The number of halogens is 1. The molecule has 1 aliphatic carbocycles. The molecule has 160 valence electrons. The molecule has 1 fully saturated rings. The van der Waals surface area contributed by atoms with E-state index in [4.69, 9.17) is 26.8 Å². The van der Waals surface area contributed by atoms with Crippen LogP contribution in [0.15, 0.2) is 48.5 Å². The molecule has 0 amide bonds. The van der Waals surface area contributed by atoms with E-state index in [1.807, 2.05) is 42.5 Å². The Hall–Kier alpha value is -3.39. The summed E-state index contributed by atoms with van der Waals surface area (Å²) >= 11 is 6.12. The fourth-order valence-corrected chi connectivity index (χ4v) is 3.81. The van der Waals surface area contributed by atoms with Crippen molar-refractivity contribution >= 4 is 35.2 Å². The first-order valence-electron chi connectivity index (χ1n) is 9.84. The number of para-hydroxylation sites is 2. The first kappa shape index (κ1) is 20.9. The van der Waals surface area contributed by atoms with Gasteiger partial charge in [0.05, 0.1) is 18.2 Å². The third kappa shape index (κ3) is 4.39. The number of nitrogens with zero attached hydrogens (tertiary/aromatic N) is 3. The van der Waals surface area contributed by atoms with Crippen molar-refractivity contribution in [1.82, 2.24) is 15.0 Å². The molecule has 0 radical (unpaired) electrons. The smallest absolute Gasteiger partial charge is 0.317 e. The van der Waals surface area contributed by atoms with Gasteiger partial charge in [-0.25, -0.2) is 0 Å². The molecular weight excluding hydrogens is 418 g/mol. The van der Waals surface area contributed by atoms with Crippen LogP contribution in [-0.4, -0.2) is 28.0 Å². The number of benzene rings is 2. The second-order valence-corrected chi connectivity index (χ2v) is 7.72. The number of hydrogen-bond donors (Lipinski definition) is 2. The third-order valence-corrected chi connectivity index (χ3v) is 5.59. The van der Waals surface area contributed by atoms with Gasteiger partial charge in [-0.05, 0) is 42.7 Å². The zero-order valence-electron chi connectivity index (χ0n) is 17.0. The SMILES string of the molecule is COc1ccccc1Nc1nc(N)nc(COC(=O)C2(c3cccc(Cl)c3)CCC2)n1. The molecule has 0 saturated heterocycles. The lowest BCUT2D eigenvalue weighted by atomic mass is 9.64. The number of carbonyl (C=O) groups excluding carboxylic acids is 1. The van der Waals surface area contributed by atoms with Crippen LogP contribution < -0.4 is 15.8 Å². The summed E-state index contributed by atoms with van der Waals surface area (Å²) in [5, 5.41) is 3.65. The monoisotopic (exact) mass is 439 g/mol. The number of nitrogens with one attached hydrogen (secondary N) is 1. The van der Waals surface area contributed by atoms with Crippen molar-refractivity contribution in [3.05, 3.63) is 64.9 Å². The predicted octanol–water partition coefficient (Wildman–Crippen LogP) is 4.02. The first-order chi connectivity index (χ1) is 15.0. The number of anilines is 3. The van der Waals surface area contributed by atoms with Gasteiger partial charge in [0, 0.05) is 5.02 Å². The lowest BCUT2D eigenvalue weighted by Gasteiger charge is -2.39. The molecule has 1 saturated carbocycles. The largest absolute Gasteiger partial charge is 0.495 e. The lowest BCUT2D eigenvalue weighted by Crippen LogP contribution is -2.43. The summed E-state index contributed by atoms with van der Waals surface area (Å²) in [5.74, 6) is 0.809. The minimum Gasteiger partial charge on any atom is -0.495 e. The molecule has 4 rings (SSSR count). The molecule has 31 heavy (non-hydrogen) atoms. The van der Waals surface area contributed by atoms with Crippen LogP contribution in [0.1, 0.15) is 30.7 Å². The van der Waals surface area contributed by atoms with Gasteiger partial charge >= 0.3 is 5.97 Å². The number of ether oxygens (including phenoxy) is 2. The highest BCUT2D eigenvalue weighted by atomic mass is 35.5. The van der Waals surface area contributed by atoms with Crippen molar-refractivity contribution in [3.8, 4) is 5.75 Å². The molecule has 0 spiro atoms. The molecule has 0 unspecified atom stereocenters. The number of rotatable bonds is 7. The number of hydrogen-bond acceptors (Lipinski definition) is 8. The maximum absolute atomic E-state index is 13.0. The maximum Gasteiger partial charge on any atom is 0.317 e. The van der Waals surface area contributed by atoms with Crippen LogP contribution in [0.2, 0.25) is 5.02 Å². The van der Waals surface area contributed by atoms with Crippen molar-refractivity contribution in [2.75, 3.05) is 18.2 Å². The molecule has 8 nitrogen and oxygen atoms in total. The van der Waals surface area contributed by atoms with Gasteiger partial charge in [-0.1, -0.05) is 42.3 Å². The lowest BCUT2D eigenvalue weighted by molar-refractivity contribution is -0.156. The van der Waals surface area contributed by atoms with Crippen LogP contribution in [0.5, 0.6) is 5.75 Å². The summed E-state index contributed by atoms with van der Waals surface area (Å²) in [6, 6.07) is 14.7. The van der Waals surface area contributed by atoms with Crippen molar-refractivity contribution in [3.63, 3.8) is 0 Å². The zero-order chi connectivity index (χ0) is 21.8. The Bertz CT molecular complexity index is 1100. The minimum absolute atomic E-state index is 0.0200. The molecule has 0 bridgehead atoms. The van der Waals surface area contributed by atoms with Crippen molar-refractivity contribution in [2.24, 2.45) is 0 Å². The summed E-state index contributed by atoms with van der Waals surface area (Å²) in [6.07, 6.45) is 2.38. The number of nitrogen functional groups attached to an aromatic ring is 1. The van der Waals surface area contributed by atoms with Crippen molar-refractivity contribution in [2.45, 2.75) is 31.3 Å². The molecule has 9 heteroatoms. The van der Waals surface area contributed by atoms with E-state index >= 15 is 0 Å². The Morgan fingerprint density at radius 2 is 1.97 bits per heavy atom. The summed E-state index contributed by atoms with van der Waals surface area (Å²) in [7, 11) is 1.57. The zero-order valence-corrected chi connectivity index (χ0v) is 17.7. The molecule has 3 N–H and O–H groups in total. The fraction of sp³-hybridized carbons (Fsp3) is 0.273. The Morgan fingerprint density at radius 1 is 1.16 bits per heavy atom. The Labute approximate surface area is 184 Å². The van der Waals surface area contributed by atoms with Crippen molar-refractivity contribution in [1.29, 1.82) is 0 Å². The van der Waals surface area contributed by atoms with Crippen LogP contribution in [0.3, 0.4) is 0 Å². The second kappa shape index (κ2) is 8.77. The molecule has 1 aliphatic rings. The Kier molecular flexibility index (Phi) is 5.90.